The minimum Gasteiger partial charge on any atom is -0.299 e. The summed E-state index contributed by atoms with van der Waals surface area (Å²) in [5.74, 6) is 1.81. The second-order valence-corrected chi connectivity index (χ2v) is 7.18. The van der Waals surface area contributed by atoms with Crippen molar-refractivity contribution in [3.05, 3.63) is 0 Å². The summed E-state index contributed by atoms with van der Waals surface area (Å²) in [6.07, 6.45) is 19.5. The minimum absolute atomic E-state index is 0.415. The van der Waals surface area contributed by atoms with Crippen LogP contribution in [0.15, 0.2) is 0 Å². The van der Waals surface area contributed by atoms with E-state index in [-0.39, 0.29) is 0 Å². The Labute approximate surface area is 133 Å². The number of rotatable bonds is 12. The van der Waals surface area contributed by atoms with E-state index in [0.29, 0.717) is 11.7 Å². The molecule has 21 heavy (non-hydrogen) atoms. The van der Waals surface area contributed by atoms with Crippen LogP contribution in [0.25, 0.3) is 0 Å². The largest absolute Gasteiger partial charge is 0.299 e. The molecule has 0 radical (unpaired) electrons. The molecule has 0 aromatic carbocycles. The highest BCUT2D eigenvalue weighted by Crippen LogP contribution is 2.31. The van der Waals surface area contributed by atoms with Crippen molar-refractivity contribution in [2.24, 2.45) is 11.8 Å². The fourth-order valence-electron chi connectivity index (χ4n) is 3.73. The normalized spacial score (nSPS) is 22.7. The van der Waals surface area contributed by atoms with E-state index in [1.807, 2.05) is 0 Å². The average Bonchev–Trinajstić information content (AvgIpc) is 2.51. The quantitative estimate of drug-likeness (QED) is 0.366. The van der Waals surface area contributed by atoms with Gasteiger partial charge in [-0.2, -0.15) is 0 Å². The van der Waals surface area contributed by atoms with Crippen molar-refractivity contribution in [2.75, 3.05) is 0 Å². The number of carbonyl (C=O) groups is 1. The molecule has 2 atom stereocenters. The standard InChI is InChI=1S/C20H38O/c1-3-5-6-7-8-9-10-11-12-13-14-19-17-18(4-2)15-16-20(19)21/h18-19H,3-17H2,1-2H3. The highest BCUT2D eigenvalue weighted by Gasteiger charge is 2.26. The van der Waals surface area contributed by atoms with Crippen LogP contribution < -0.4 is 0 Å². The fraction of sp³-hybridized carbons (Fsp3) is 0.950. The lowest BCUT2D eigenvalue weighted by molar-refractivity contribution is -0.125. The first-order valence-electron chi connectivity index (χ1n) is 9.80. The van der Waals surface area contributed by atoms with Crippen LogP contribution in [0.3, 0.4) is 0 Å². The van der Waals surface area contributed by atoms with Crippen LogP contribution >= 0.6 is 0 Å². The smallest absolute Gasteiger partial charge is 0.135 e. The van der Waals surface area contributed by atoms with Crippen LogP contribution in [-0.2, 0) is 4.79 Å². The summed E-state index contributed by atoms with van der Waals surface area (Å²) in [5.41, 5.74) is 0. The Balaban J connectivity index is 1.92. The molecule has 2 unspecified atom stereocenters. The van der Waals surface area contributed by atoms with Crippen LogP contribution in [0.2, 0.25) is 0 Å². The molecule has 1 nitrogen and oxygen atoms in total. The monoisotopic (exact) mass is 294 g/mol. The van der Waals surface area contributed by atoms with Crippen molar-refractivity contribution in [1.29, 1.82) is 0 Å². The number of ketones is 1. The highest BCUT2D eigenvalue weighted by atomic mass is 16.1. The second kappa shape index (κ2) is 12.2. The number of carbonyl (C=O) groups excluding carboxylic acids is 1. The summed E-state index contributed by atoms with van der Waals surface area (Å²) in [5, 5.41) is 0. The Hall–Kier alpha value is -0.330. The van der Waals surface area contributed by atoms with Gasteiger partial charge in [-0.3, -0.25) is 4.79 Å². The van der Waals surface area contributed by atoms with Gasteiger partial charge in [-0.05, 0) is 25.2 Å². The van der Waals surface area contributed by atoms with Gasteiger partial charge in [-0.15, -0.1) is 0 Å². The third-order valence-electron chi connectivity index (χ3n) is 5.36. The molecular weight excluding hydrogens is 256 g/mol. The van der Waals surface area contributed by atoms with Gasteiger partial charge in [0.2, 0.25) is 0 Å². The zero-order valence-corrected chi connectivity index (χ0v) is 14.7. The molecule has 1 rings (SSSR count). The Morgan fingerprint density at radius 1 is 0.857 bits per heavy atom. The summed E-state index contributed by atoms with van der Waals surface area (Å²) in [7, 11) is 0. The van der Waals surface area contributed by atoms with Crippen LogP contribution in [0.4, 0.5) is 0 Å². The van der Waals surface area contributed by atoms with Gasteiger partial charge >= 0.3 is 0 Å². The van der Waals surface area contributed by atoms with Crippen LogP contribution in [0.1, 0.15) is 110 Å². The Kier molecular flexibility index (Phi) is 10.9. The van der Waals surface area contributed by atoms with E-state index in [9.17, 15) is 4.79 Å². The number of hydrogen-bond donors (Lipinski definition) is 0. The molecule has 0 amide bonds. The Morgan fingerprint density at radius 3 is 2.00 bits per heavy atom. The van der Waals surface area contributed by atoms with Crippen molar-refractivity contribution in [3.63, 3.8) is 0 Å². The first-order valence-corrected chi connectivity index (χ1v) is 9.80. The number of Topliss-reactive ketones (excluding diaryl/α,β-unsaturated/α-hetero) is 1. The first-order chi connectivity index (χ1) is 10.3. The summed E-state index contributed by atoms with van der Waals surface area (Å²) in [4.78, 5) is 11.9. The van der Waals surface area contributed by atoms with Crippen LogP contribution in [0.5, 0.6) is 0 Å². The predicted octanol–water partition coefficient (Wildman–Crippen LogP) is 6.69. The summed E-state index contributed by atoms with van der Waals surface area (Å²) in [6, 6.07) is 0. The van der Waals surface area contributed by atoms with Gasteiger partial charge < -0.3 is 0 Å². The lowest BCUT2D eigenvalue weighted by Crippen LogP contribution is -2.24. The maximum Gasteiger partial charge on any atom is 0.135 e. The molecule has 1 aliphatic carbocycles. The van der Waals surface area contributed by atoms with Gasteiger partial charge in [-0.25, -0.2) is 0 Å². The molecule has 0 aromatic rings. The van der Waals surface area contributed by atoms with E-state index in [0.717, 1.165) is 18.8 Å². The summed E-state index contributed by atoms with van der Waals surface area (Å²) >= 11 is 0. The molecule has 0 N–H and O–H groups in total. The van der Waals surface area contributed by atoms with Crippen LogP contribution in [0, 0.1) is 11.8 Å². The molecule has 1 saturated carbocycles. The molecule has 1 aliphatic rings. The van der Waals surface area contributed by atoms with Gasteiger partial charge in [0.15, 0.2) is 0 Å². The van der Waals surface area contributed by atoms with E-state index in [1.165, 1.54) is 83.5 Å². The van der Waals surface area contributed by atoms with Gasteiger partial charge in [-0.1, -0.05) is 84.5 Å². The maximum atomic E-state index is 11.9. The fourth-order valence-corrected chi connectivity index (χ4v) is 3.73. The third kappa shape index (κ3) is 8.63. The average molecular weight is 295 g/mol. The van der Waals surface area contributed by atoms with Crippen LogP contribution in [-0.4, -0.2) is 5.78 Å². The lowest BCUT2D eigenvalue weighted by Gasteiger charge is -2.27. The lowest BCUT2D eigenvalue weighted by atomic mass is 9.77. The van der Waals surface area contributed by atoms with E-state index in [2.05, 4.69) is 13.8 Å². The maximum absolute atomic E-state index is 11.9. The molecule has 0 spiro atoms. The molecular formula is C20H38O. The van der Waals surface area contributed by atoms with Crippen molar-refractivity contribution in [3.8, 4) is 0 Å². The van der Waals surface area contributed by atoms with Crippen molar-refractivity contribution in [1.82, 2.24) is 0 Å². The molecule has 0 bridgehead atoms. The SMILES string of the molecule is CCCCCCCCCCCCC1CC(CC)CCC1=O. The second-order valence-electron chi connectivity index (χ2n) is 7.18. The van der Waals surface area contributed by atoms with Gasteiger partial charge in [0.05, 0.1) is 0 Å². The molecule has 0 heterocycles. The van der Waals surface area contributed by atoms with E-state index in [4.69, 9.17) is 0 Å². The number of unbranched alkanes of at least 4 members (excludes halogenated alkanes) is 9. The summed E-state index contributed by atoms with van der Waals surface area (Å²) < 4.78 is 0. The molecule has 0 aromatic heterocycles. The molecule has 0 aliphatic heterocycles. The van der Waals surface area contributed by atoms with E-state index in [1.54, 1.807) is 0 Å². The van der Waals surface area contributed by atoms with Gasteiger partial charge in [0.25, 0.3) is 0 Å². The molecule has 1 fully saturated rings. The van der Waals surface area contributed by atoms with E-state index >= 15 is 0 Å². The minimum atomic E-state index is 0.415. The Morgan fingerprint density at radius 2 is 1.43 bits per heavy atom. The molecule has 1 heteroatoms. The number of hydrogen-bond acceptors (Lipinski definition) is 1. The Bertz CT molecular complexity index is 259. The molecule has 124 valence electrons. The van der Waals surface area contributed by atoms with Crippen molar-refractivity contribution in [2.45, 2.75) is 110 Å². The zero-order valence-electron chi connectivity index (χ0n) is 14.7. The van der Waals surface area contributed by atoms with Crippen molar-refractivity contribution < 1.29 is 4.79 Å². The molecule has 0 saturated heterocycles. The highest BCUT2D eigenvalue weighted by molar-refractivity contribution is 5.81. The topological polar surface area (TPSA) is 17.1 Å². The summed E-state index contributed by atoms with van der Waals surface area (Å²) in [6.45, 7) is 4.55. The van der Waals surface area contributed by atoms with Gasteiger partial charge in [0.1, 0.15) is 5.78 Å². The predicted molar refractivity (Wildman–Crippen MR) is 92.6 cm³/mol. The zero-order chi connectivity index (χ0) is 15.3. The van der Waals surface area contributed by atoms with E-state index < -0.39 is 0 Å². The van der Waals surface area contributed by atoms with Crippen molar-refractivity contribution >= 4 is 5.78 Å². The first kappa shape index (κ1) is 18.7. The van der Waals surface area contributed by atoms with Gasteiger partial charge in [0, 0.05) is 12.3 Å². The third-order valence-corrected chi connectivity index (χ3v) is 5.36.